The maximum Gasteiger partial charge on any atom is 0.293 e. The van der Waals surface area contributed by atoms with Crippen molar-refractivity contribution in [1.82, 2.24) is 0 Å². The first-order chi connectivity index (χ1) is 6.09. The van der Waals surface area contributed by atoms with Crippen LogP contribution in [0.2, 0.25) is 0 Å². The third-order valence-electron chi connectivity index (χ3n) is 1.68. The van der Waals surface area contributed by atoms with Crippen molar-refractivity contribution in [2.24, 2.45) is 0 Å². The maximum absolute atomic E-state index is 10.5. The van der Waals surface area contributed by atoms with Gasteiger partial charge in [0.2, 0.25) is 0 Å². The zero-order chi connectivity index (χ0) is 9.90. The first-order valence-electron chi connectivity index (χ1n) is 3.95. The van der Waals surface area contributed by atoms with Crippen LogP contribution in [0.15, 0.2) is 0 Å². The second kappa shape index (κ2) is 3.85. The van der Waals surface area contributed by atoms with Gasteiger partial charge in [-0.1, -0.05) is 0 Å². The standard InChI is InChI=1S/C8H12O5/c1-8(2)12-6(3-9)7(13-8)4-11-5-10/h3,5-7H,4H2,1-2H3/t6-,7+/m1/s1. The Hall–Kier alpha value is -0.940. The molecule has 0 aliphatic carbocycles. The van der Waals surface area contributed by atoms with E-state index in [9.17, 15) is 9.59 Å². The van der Waals surface area contributed by atoms with Crippen LogP contribution in [0.25, 0.3) is 0 Å². The summed E-state index contributed by atoms with van der Waals surface area (Å²) in [6.45, 7) is 3.75. The predicted molar refractivity (Wildman–Crippen MR) is 41.9 cm³/mol. The second-order valence-corrected chi connectivity index (χ2v) is 3.20. The number of carbonyl (C=O) groups is 2. The first-order valence-corrected chi connectivity index (χ1v) is 3.95. The lowest BCUT2D eigenvalue weighted by molar-refractivity contribution is -0.155. The topological polar surface area (TPSA) is 61.8 Å². The van der Waals surface area contributed by atoms with Crippen LogP contribution in [-0.4, -0.2) is 37.4 Å². The molecule has 74 valence electrons. The van der Waals surface area contributed by atoms with Gasteiger partial charge in [-0.15, -0.1) is 0 Å². The van der Waals surface area contributed by atoms with Crippen LogP contribution in [0, 0.1) is 0 Å². The Morgan fingerprint density at radius 2 is 2.08 bits per heavy atom. The van der Waals surface area contributed by atoms with E-state index in [1.807, 2.05) is 0 Å². The van der Waals surface area contributed by atoms with Gasteiger partial charge in [0.1, 0.15) is 18.8 Å². The number of aldehydes is 1. The summed E-state index contributed by atoms with van der Waals surface area (Å²) in [5.41, 5.74) is 0. The summed E-state index contributed by atoms with van der Waals surface area (Å²) in [7, 11) is 0. The fraction of sp³-hybridized carbons (Fsp3) is 0.750. The summed E-state index contributed by atoms with van der Waals surface area (Å²) in [5.74, 6) is -0.789. The molecule has 0 saturated carbocycles. The lowest BCUT2D eigenvalue weighted by Gasteiger charge is -2.16. The number of rotatable bonds is 4. The first kappa shape index (κ1) is 10.1. The highest BCUT2D eigenvalue weighted by Gasteiger charge is 2.41. The van der Waals surface area contributed by atoms with Gasteiger partial charge in [0, 0.05) is 0 Å². The number of hydrogen-bond acceptors (Lipinski definition) is 5. The molecule has 0 bridgehead atoms. The molecule has 1 saturated heterocycles. The molecule has 0 aromatic carbocycles. The second-order valence-electron chi connectivity index (χ2n) is 3.20. The molecule has 1 rings (SSSR count). The zero-order valence-corrected chi connectivity index (χ0v) is 7.56. The normalized spacial score (nSPS) is 31.2. The minimum atomic E-state index is -0.789. The Morgan fingerprint density at radius 1 is 1.38 bits per heavy atom. The van der Waals surface area contributed by atoms with Crippen molar-refractivity contribution in [2.45, 2.75) is 31.8 Å². The van der Waals surface area contributed by atoms with Gasteiger partial charge >= 0.3 is 0 Å². The molecule has 0 unspecified atom stereocenters. The Bertz CT molecular complexity index is 201. The average molecular weight is 188 g/mol. The Balaban J connectivity index is 2.52. The molecule has 0 aromatic rings. The van der Waals surface area contributed by atoms with Gasteiger partial charge in [-0.3, -0.25) is 4.79 Å². The quantitative estimate of drug-likeness (QED) is 0.575. The number of ether oxygens (including phenoxy) is 3. The molecule has 2 atom stereocenters. The molecule has 0 amide bonds. The van der Waals surface area contributed by atoms with E-state index in [0.29, 0.717) is 12.8 Å². The molecule has 5 heteroatoms. The van der Waals surface area contributed by atoms with Crippen LogP contribution in [0.3, 0.4) is 0 Å². The monoisotopic (exact) mass is 188 g/mol. The van der Waals surface area contributed by atoms with E-state index in [2.05, 4.69) is 4.74 Å². The van der Waals surface area contributed by atoms with Crippen molar-refractivity contribution >= 4 is 12.8 Å². The van der Waals surface area contributed by atoms with E-state index in [1.54, 1.807) is 13.8 Å². The lowest BCUT2D eigenvalue weighted by atomic mass is 10.2. The van der Waals surface area contributed by atoms with Gasteiger partial charge in [0.25, 0.3) is 6.47 Å². The minimum Gasteiger partial charge on any atom is -0.465 e. The molecule has 1 aliphatic heterocycles. The van der Waals surface area contributed by atoms with Crippen molar-refractivity contribution in [1.29, 1.82) is 0 Å². The molecular formula is C8H12O5. The molecule has 0 aromatic heterocycles. The van der Waals surface area contributed by atoms with Gasteiger partial charge in [-0.05, 0) is 13.8 Å². The third kappa shape index (κ3) is 2.50. The zero-order valence-electron chi connectivity index (χ0n) is 7.56. The highest BCUT2D eigenvalue weighted by atomic mass is 16.8. The van der Waals surface area contributed by atoms with Crippen LogP contribution in [0.1, 0.15) is 13.8 Å². The van der Waals surface area contributed by atoms with Gasteiger partial charge in [-0.25, -0.2) is 0 Å². The highest BCUT2D eigenvalue weighted by molar-refractivity contribution is 5.57. The highest BCUT2D eigenvalue weighted by Crippen LogP contribution is 2.26. The van der Waals surface area contributed by atoms with Crippen molar-refractivity contribution in [2.75, 3.05) is 6.61 Å². The van der Waals surface area contributed by atoms with E-state index >= 15 is 0 Å². The average Bonchev–Trinajstić information content (AvgIpc) is 2.37. The van der Waals surface area contributed by atoms with E-state index in [1.165, 1.54) is 0 Å². The molecule has 1 fully saturated rings. The van der Waals surface area contributed by atoms with Crippen LogP contribution < -0.4 is 0 Å². The predicted octanol–water partition coefficient (Wildman–Crippen LogP) is -0.122. The Labute approximate surface area is 76.0 Å². The minimum absolute atomic E-state index is 0.0380. The molecule has 5 nitrogen and oxygen atoms in total. The summed E-state index contributed by atoms with van der Waals surface area (Å²) in [6, 6.07) is 0. The molecule has 0 spiro atoms. The van der Waals surface area contributed by atoms with Crippen LogP contribution >= 0.6 is 0 Å². The number of carbonyl (C=O) groups excluding carboxylic acids is 2. The summed E-state index contributed by atoms with van der Waals surface area (Å²) in [6.07, 6.45) is -0.513. The lowest BCUT2D eigenvalue weighted by Crippen LogP contribution is -2.28. The van der Waals surface area contributed by atoms with Crippen LogP contribution in [0.5, 0.6) is 0 Å². The van der Waals surface area contributed by atoms with Gasteiger partial charge in [-0.2, -0.15) is 0 Å². The van der Waals surface area contributed by atoms with E-state index in [4.69, 9.17) is 9.47 Å². The summed E-state index contributed by atoms with van der Waals surface area (Å²) < 4.78 is 15.0. The van der Waals surface area contributed by atoms with Gasteiger partial charge < -0.3 is 19.0 Å². The number of hydrogen-bond donors (Lipinski definition) is 0. The molecular weight excluding hydrogens is 176 g/mol. The molecule has 13 heavy (non-hydrogen) atoms. The van der Waals surface area contributed by atoms with Gasteiger partial charge in [0.15, 0.2) is 12.1 Å². The fourth-order valence-electron chi connectivity index (χ4n) is 1.24. The van der Waals surface area contributed by atoms with Crippen LogP contribution in [-0.2, 0) is 23.8 Å². The largest absolute Gasteiger partial charge is 0.465 e. The Morgan fingerprint density at radius 3 is 2.62 bits per heavy atom. The van der Waals surface area contributed by atoms with Crippen molar-refractivity contribution < 1.29 is 23.8 Å². The van der Waals surface area contributed by atoms with E-state index in [0.717, 1.165) is 0 Å². The van der Waals surface area contributed by atoms with E-state index in [-0.39, 0.29) is 6.61 Å². The third-order valence-corrected chi connectivity index (χ3v) is 1.68. The fourth-order valence-corrected chi connectivity index (χ4v) is 1.24. The van der Waals surface area contributed by atoms with Crippen molar-refractivity contribution in [3.63, 3.8) is 0 Å². The van der Waals surface area contributed by atoms with Crippen LogP contribution in [0.4, 0.5) is 0 Å². The summed E-state index contributed by atoms with van der Waals surface area (Å²) in [5, 5.41) is 0. The molecule has 0 N–H and O–H groups in total. The SMILES string of the molecule is CC1(C)O[C@@H](COC=O)[C@@H](C=O)O1. The smallest absolute Gasteiger partial charge is 0.293 e. The summed E-state index contributed by atoms with van der Waals surface area (Å²) in [4.78, 5) is 20.4. The summed E-state index contributed by atoms with van der Waals surface area (Å²) >= 11 is 0. The Kier molecular flexibility index (Phi) is 3.00. The van der Waals surface area contributed by atoms with Crippen molar-refractivity contribution in [3.05, 3.63) is 0 Å². The van der Waals surface area contributed by atoms with Gasteiger partial charge in [0.05, 0.1) is 0 Å². The van der Waals surface area contributed by atoms with E-state index < -0.39 is 18.0 Å². The molecule has 1 aliphatic rings. The maximum atomic E-state index is 10.5. The van der Waals surface area contributed by atoms with Crippen molar-refractivity contribution in [3.8, 4) is 0 Å². The molecule has 0 radical (unpaired) electrons. The molecule has 1 heterocycles.